The number of nitrogens with zero attached hydrogens (tertiary/aromatic N) is 1. The van der Waals surface area contributed by atoms with E-state index in [1.165, 1.54) is 6.42 Å². The van der Waals surface area contributed by atoms with Gasteiger partial charge in [-0.25, -0.2) is 0 Å². The van der Waals surface area contributed by atoms with E-state index < -0.39 is 0 Å². The highest BCUT2D eigenvalue weighted by Crippen LogP contribution is 2.28. The molecule has 0 radical (unpaired) electrons. The quantitative estimate of drug-likeness (QED) is 0.796. The Kier molecular flexibility index (Phi) is 8.14. The number of rotatable bonds is 5. The van der Waals surface area contributed by atoms with Gasteiger partial charge in [0.1, 0.15) is 11.9 Å². The molecule has 0 aromatic heterocycles. The van der Waals surface area contributed by atoms with Crippen molar-refractivity contribution in [2.75, 3.05) is 26.2 Å². The van der Waals surface area contributed by atoms with Gasteiger partial charge in [-0.15, -0.1) is 12.4 Å². The maximum Gasteiger partial charge on any atom is 0.222 e. The summed E-state index contributed by atoms with van der Waals surface area (Å²) in [7, 11) is 0. The summed E-state index contributed by atoms with van der Waals surface area (Å²) in [4.78, 5) is 14.4. The second-order valence-electron chi connectivity index (χ2n) is 6.70. The largest absolute Gasteiger partial charge is 0.489 e. The van der Waals surface area contributed by atoms with Crippen LogP contribution >= 0.6 is 35.6 Å². The molecule has 140 valence electrons. The van der Waals surface area contributed by atoms with E-state index in [4.69, 9.17) is 27.9 Å². The van der Waals surface area contributed by atoms with E-state index in [1.54, 1.807) is 12.1 Å². The van der Waals surface area contributed by atoms with E-state index >= 15 is 0 Å². The van der Waals surface area contributed by atoms with Crippen molar-refractivity contribution in [3.05, 3.63) is 28.2 Å². The average molecular weight is 408 g/mol. The Bertz CT molecular complexity index is 579. The minimum absolute atomic E-state index is 0. The van der Waals surface area contributed by atoms with Crippen LogP contribution in [0.1, 0.15) is 32.1 Å². The molecule has 2 aliphatic heterocycles. The molecule has 2 atom stereocenters. The summed E-state index contributed by atoms with van der Waals surface area (Å²) >= 11 is 12.0. The topological polar surface area (TPSA) is 41.6 Å². The zero-order valence-corrected chi connectivity index (χ0v) is 16.5. The molecule has 0 bridgehead atoms. The van der Waals surface area contributed by atoms with Crippen molar-refractivity contribution in [1.29, 1.82) is 0 Å². The van der Waals surface area contributed by atoms with E-state index in [0.29, 0.717) is 34.7 Å². The zero-order valence-electron chi connectivity index (χ0n) is 14.2. The number of carbonyl (C=O) groups is 1. The number of hydrogen-bond acceptors (Lipinski definition) is 3. The van der Waals surface area contributed by atoms with Crippen molar-refractivity contribution in [2.45, 2.75) is 38.2 Å². The fourth-order valence-corrected chi connectivity index (χ4v) is 3.74. The Morgan fingerprint density at radius 3 is 2.84 bits per heavy atom. The third kappa shape index (κ3) is 5.92. The Morgan fingerprint density at radius 1 is 1.28 bits per heavy atom. The lowest BCUT2D eigenvalue weighted by atomic mass is 10.0. The van der Waals surface area contributed by atoms with E-state index in [2.05, 4.69) is 5.32 Å². The highest BCUT2D eigenvalue weighted by Gasteiger charge is 2.26. The van der Waals surface area contributed by atoms with E-state index in [1.807, 2.05) is 11.0 Å². The predicted molar refractivity (Wildman–Crippen MR) is 104 cm³/mol. The predicted octanol–water partition coefficient (Wildman–Crippen LogP) is 4.17. The fourth-order valence-electron chi connectivity index (χ4n) is 3.45. The minimum Gasteiger partial charge on any atom is -0.489 e. The van der Waals surface area contributed by atoms with E-state index in [-0.39, 0.29) is 24.4 Å². The monoisotopic (exact) mass is 406 g/mol. The number of carbonyl (C=O) groups excluding carboxylic acids is 1. The van der Waals surface area contributed by atoms with Gasteiger partial charge >= 0.3 is 0 Å². The number of ether oxygens (including phenoxy) is 1. The van der Waals surface area contributed by atoms with Crippen LogP contribution in [0.2, 0.25) is 10.0 Å². The maximum atomic E-state index is 12.5. The third-order valence-electron chi connectivity index (χ3n) is 4.85. The van der Waals surface area contributed by atoms with Gasteiger partial charge in [0.15, 0.2) is 0 Å². The third-order valence-corrected chi connectivity index (χ3v) is 5.59. The van der Waals surface area contributed by atoms with Gasteiger partial charge in [-0.2, -0.15) is 0 Å². The first kappa shape index (κ1) is 20.6. The number of halogens is 3. The van der Waals surface area contributed by atoms with Crippen LogP contribution in [0.25, 0.3) is 0 Å². The number of likely N-dealkylation sites (tertiary alicyclic amines) is 1. The molecule has 0 saturated carbocycles. The van der Waals surface area contributed by atoms with Gasteiger partial charge in [0.25, 0.3) is 0 Å². The molecule has 7 heteroatoms. The fraction of sp³-hybridized carbons (Fsp3) is 0.611. The van der Waals surface area contributed by atoms with Crippen LogP contribution in [0.15, 0.2) is 18.2 Å². The standard InChI is InChI=1S/C18H24Cl2N2O2.ClH/c19-16-5-4-14(10-17(16)20)24-15-2-1-9-22(12-15)18(23)6-3-13-7-8-21-11-13;/h4-5,10,13,15,21H,1-3,6-9,11-12H2;1H. The van der Waals surface area contributed by atoms with Crippen LogP contribution in [0, 0.1) is 5.92 Å². The van der Waals surface area contributed by atoms with Gasteiger partial charge in [0, 0.05) is 19.0 Å². The number of benzene rings is 1. The molecule has 2 fully saturated rings. The van der Waals surface area contributed by atoms with Crippen LogP contribution in [0.3, 0.4) is 0 Å². The molecule has 2 heterocycles. The zero-order chi connectivity index (χ0) is 16.9. The normalized spacial score (nSPS) is 23.2. The number of piperidine rings is 1. The van der Waals surface area contributed by atoms with Gasteiger partial charge in [-0.05, 0) is 56.8 Å². The minimum atomic E-state index is 0. The molecular formula is C18H25Cl3N2O2. The van der Waals surface area contributed by atoms with Crippen LogP contribution < -0.4 is 10.1 Å². The lowest BCUT2D eigenvalue weighted by Gasteiger charge is -2.33. The molecule has 3 rings (SSSR count). The molecule has 2 aliphatic rings. The van der Waals surface area contributed by atoms with Crippen molar-refractivity contribution in [3.63, 3.8) is 0 Å². The van der Waals surface area contributed by atoms with Crippen LogP contribution in [0.4, 0.5) is 0 Å². The summed E-state index contributed by atoms with van der Waals surface area (Å²) < 4.78 is 6.00. The van der Waals surface area contributed by atoms with Crippen molar-refractivity contribution in [2.24, 2.45) is 5.92 Å². The van der Waals surface area contributed by atoms with Crippen molar-refractivity contribution < 1.29 is 9.53 Å². The van der Waals surface area contributed by atoms with E-state index in [0.717, 1.165) is 38.9 Å². The van der Waals surface area contributed by atoms with Crippen LogP contribution in [-0.4, -0.2) is 43.1 Å². The van der Waals surface area contributed by atoms with Crippen LogP contribution in [0.5, 0.6) is 5.75 Å². The summed E-state index contributed by atoms with van der Waals surface area (Å²) in [6.45, 7) is 3.63. The molecule has 2 unspecified atom stereocenters. The summed E-state index contributed by atoms with van der Waals surface area (Å²) in [5, 5.41) is 4.36. The molecule has 1 aromatic rings. The molecule has 25 heavy (non-hydrogen) atoms. The first-order valence-electron chi connectivity index (χ1n) is 8.72. The second kappa shape index (κ2) is 9.86. The number of hydrogen-bond donors (Lipinski definition) is 1. The molecule has 1 N–H and O–H groups in total. The Balaban J connectivity index is 0.00000225. The number of amides is 1. The van der Waals surface area contributed by atoms with Gasteiger partial charge in [-0.3, -0.25) is 4.79 Å². The van der Waals surface area contributed by atoms with Crippen molar-refractivity contribution >= 4 is 41.5 Å². The highest BCUT2D eigenvalue weighted by molar-refractivity contribution is 6.42. The van der Waals surface area contributed by atoms with Crippen molar-refractivity contribution in [1.82, 2.24) is 10.2 Å². The molecule has 4 nitrogen and oxygen atoms in total. The summed E-state index contributed by atoms with van der Waals surface area (Å²) in [6.07, 6.45) is 4.77. The average Bonchev–Trinajstić information content (AvgIpc) is 3.10. The Morgan fingerprint density at radius 2 is 2.12 bits per heavy atom. The smallest absolute Gasteiger partial charge is 0.222 e. The van der Waals surface area contributed by atoms with Gasteiger partial charge in [0.2, 0.25) is 5.91 Å². The van der Waals surface area contributed by atoms with Gasteiger partial charge in [0.05, 0.1) is 16.6 Å². The van der Waals surface area contributed by atoms with Crippen molar-refractivity contribution in [3.8, 4) is 5.75 Å². The molecular weight excluding hydrogens is 383 g/mol. The molecule has 2 saturated heterocycles. The van der Waals surface area contributed by atoms with Gasteiger partial charge < -0.3 is 15.0 Å². The molecule has 1 aromatic carbocycles. The van der Waals surface area contributed by atoms with Crippen LogP contribution in [-0.2, 0) is 4.79 Å². The first-order valence-corrected chi connectivity index (χ1v) is 9.47. The Hall–Kier alpha value is -0.680. The molecule has 0 spiro atoms. The highest BCUT2D eigenvalue weighted by atomic mass is 35.5. The SMILES string of the molecule is Cl.O=C(CCC1CCNC1)N1CCCC(Oc2ccc(Cl)c(Cl)c2)C1. The lowest BCUT2D eigenvalue weighted by molar-refractivity contribution is -0.134. The lowest BCUT2D eigenvalue weighted by Crippen LogP contribution is -2.44. The number of nitrogens with one attached hydrogen (secondary N) is 1. The van der Waals surface area contributed by atoms with E-state index in [9.17, 15) is 4.79 Å². The van der Waals surface area contributed by atoms with Gasteiger partial charge in [-0.1, -0.05) is 23.2 Å². The maximum absolute atomic E-state index is 12.5. The summed E-state index contributed by atoms with van der Waals surface area (Å²) in [5.74, 6) is 1.62. The summed E-state index contributed by atoms with van der Waals surface area (Å²) in [5.41, 5.74) is 0. The summed E-state index contributed by atoms with van der Waals surface area (Å²) in [6, 6.07) is 5.29. The molecule has 1 amide bonds. The first-order chi connectivity index (χ1) is 11.6. The molecule has 0 aliphatic carbocycles. The second-order valence-corrected chi connectivity index (χ2v) is 7.51. The Labute approximate surface area is 165 Å².